The van der Waals surface area contributed by atoms with Gasteiger partial charge in [0.25, 0.3) is 0 Å². The standard InChI is InChI=1S/C21H14N2.C13H9N/c1-2-7-15(8-3-1)21-22-19-13-12-17-16-9-5-4-6-14(16)10-11-18(17)20(19)23-21;1-3-7-12-10(5-1)9-11-6-2-4-8-13(11)14-12/h1-13H,(H,22,23);1-9H. The summed E-state index contributed by atoms with van der Waals surface area (Å²) in [4.78, 5) is 12.9. The third kappa shape index (κ3) is 3.87. The highest BCUT2D eigenvalue weighted by Gasteiger charge is 2.09. The zero-order valence-corrected chi connectivity index (χ0v) is 20.1. The summed E-state index contributed by atoms with van der Waals surface area (Å²) in [5.41, 5.74) is 5.34. The highest BCUT2D eigenvalue weighted by atomic mass is 14.9. The van der Waals surface area contributed by atoms with Crippen LogP contribution < -0.4 is 0 Å². The topological polar surface area (TPSA) is 41.6 Å². The third-order valence-electron chi connectivity index (χ3n) is 6.85. The predicted molar refractivity (Wildman–Crippen MR) is 156 cm³/mol. The van der Waals surface area contributed by atoms with Crippen molar-refractivity contribution in [3.63, 3.8) is 0 Å². The summed E-state index contributed by atoms with van der Waals surface area (Å²) in [6, 6.07) is 46.0. The van der Waals surface area contributed by atoms with Gasteiger partial charge in [-0.25, -0.2) is 9.97 Å². The first-order valence-electron chi connectivity index (χ1n) is 12.4. The molecule has 1 N–H and O–H groups in total. The third-order valence-corrected chi connectivity index (χ3v) is 6.85. The molecule has 0 aliphatic carbocycles. The Bertz CT molecular complexity index is 1930. The van der Waals surface area contributed by atoms with Gasteiger partial charge in [0, 0.05) is 21.7 Å². The second-order valence-electron chi connectivity index (χ2n) is 9.17. The fourth-order valence-electron chi connectivity index (χ4n) is 5.01. The lowest BCUT2D eigenvalue weighted by molar-refractivity contribution is 1.34. The Kier molecular flexibility index (Phi) is 5.11. The number of para-hydroxylation sites is 2. The number of H-pyrrole nitrogens is 1. The molecule has 0 radical (unpaired) electrons. The monoisotopic (exact) mass is 473 g/mol. The first-order chi connectivity index (χ1) is 18.3. The van der Waals surface area contributed by atoms with Crippen molar-refractivity contribution in [1.82, 2.24) is 15.0 Å². The Morgan fingerprint density at radius 3 is 1.81 bits per heavy atom. The van der Waals surface area contributed by atoms with Gasteiger partial charge in [-0.2, -0.15) is 0 Å². The minimum Gasteiger partial charge on any atom is -0.338 e. The summed E-state index contributed by atoms with van der Waals surface area (Å²) in [6.45, 7) is 0. The number of hydrogen-bond donors (Lipinski definition) is 1. The van der Waals surface area contributed by atoms with E-state index in [1.54, 1.807) is 0 Å². The van der Waals surface area contributed by atoms with Crippen molar-refractivity contribution < 1.29 is 0 Å². The van der Waals surface area contributed by atoms with Gasteiger partial charge in [0.15, 0.2) is 0 Å². The molecule has 8 aromatic rings. The van der Waals surface area contributed by atoms with Crippen LogP contribution in [-0.2, 0) is 0 Å². The molecule has 174 valence electrons. The zero-order chi connectivity index (χ0) is 24.6. The number of pyridine rings is 1. The summed E-state index contributed by atoms with van der Waals surface area (Å²) in [5, 5.41) is 7.38. The Morgan fingerprint density at radius 1 is 0.432 bits per heavy atom. The van der Waals surface area contributed by atoms with Crippen molar-refractivity contribution >= 4 is 54.4 Å². The van der Waals surface area contributed by atoms with Crippen LogP contribution in [-0.4, -0.2) is 15.0 Å². The molecule has 0 fully saturated rings. The van der Waals surface area contributed by atoms with Crippen molar-refractivity contribution in [1.29, 1.82) is 0 Å². The van der Waals surface area contributed by atoms with Gasteiger partial charge in [-0.1, -0.05) is 109 Å². The van der Waals surface area contributed by atoms with E-state index in [0.29, 0.717) is 0 Å². The van der Waals surface area contributed by atoms with Gasteiger partial charge >= 0.3 is 0 Å². The molecular weight excluding hydrogens is 450 g/mol. The molecule has 6 aromatic carbocycles. The van der Waals surface area contributed by atoms with Gasteiger partial charge in [0.05, 0.1) is 22.1 Å². The number of fused-ring (bicyclic) bond motifs is 7. The molecule has 0 aliphatic heterocycles. The Balaban J connectivity index is 0.000000141. The second-order valence-corrected chi connectivity index (χ2v) is 9.17. The zero-order valence-electron chi connectivity index (χ0n) is 20.1. The van der Waals surface area contributed by atoms with Crippen LogP contribution in [0.3, 0.4) is 0 Å². The first-order valence-corrected chi connectivity index (χ1v) is 12.4. The van der Waals surface area contributed by atoms with Crippen LogP contribution in [0.1, 0.15) is 0 Å². The fourth-order valence-corrected chi connectivity index (χ4v) is 5.01. The van der Waals surface area contributed by atoms with E-state index in [2.05, 4.69) is 88.8 Å². The van der Waals surface area contributed by atoms with E-state index in [1.165, 1.54) is 32.3 Å². The van der Waals surface area contributed by atoms with Gasteiger partial charge in [0.2, 0.25) is 0 Å². The number of aromatic amines is 1. The van der Waals surface area contributed by atoms with Gasteiger partial charge in [0.1, 0.15) is 5.82 Å². The smallest absolute Gasteiger partial charge is 0.138 e. The van der Waals surface area contributed by atoms with Gasteiger partial charge in [-0.3, -0.25) is 0 Å². The van der Waals surface area contributed by atoms with Crippen molar-refractivity contribution in [3.05, 3.63) is 133 Å². The summed E-state index contributed by atoms with van der Waals surface area (Å²) < 4.78 is 0. The van der Waals surface area contributed by atoms with Gasteiger partial charge < -0.3 is 4.98 Å². The summed E-state index contributed by atoms with van der Waals surface area (Å²) >= 11 is 0. The van der Waals surface area contributed by atoms with Crippen LogP contribution in [0.5, 0.6) is 0 Å². The Morgan fingerprint density at radius 2 is 1.05 bits per heavy atom. The lowest BCUT2D eigenvalue weighted by Gasteiger charge is -2.03. The summed E-state index contributed by atoms with van der Waals surface area (Å²) in [5.74, 6) is 0.918. The van der Waals surface area contributed by atoms with Crippen LogP contribution >= 0.6 is 0 Å². The lowest BCUT2D eigenvalue weighted by Crippen LogP contribution is -1.80. The summed E-state index contributed by atoms with van der Waals surface area (Å²) in [7, 11) is 0. The molecule has 0 bridgehead atoms. The quantitative estimate of drug-likeness (QED) is 0.191. The number of aromatic nitrogens is 3. The number of rotatable bonds is 1. The number of hydrogen-bond acceptors (Lipinski definition) is 2. The van der Waals surface area contributed by atoms with Crippen molar-refractivity contribution in [3.8, 4) is 11.4 Å². The number of imidazole rings is 1. The average molecular weight is 474 g/mol. The number of benzene rings is 6. The van der Waals surface area contributed by atoms with Crippen LogP contribution in [0, 0.1) is 0 Å². The molecule has 0 atom stereocenters. The van der Waals surface area contributed by atoms with Crippen LogP contribution in [0.25, 0.3) is 65.8 Å². The molecule has 8 rings (SSSR count). The minimum absolute atomic E-state index is 0.918. The molecule has 3 nitrogen and oxygen atoms in total. The molecular formula is C34H23N3. The molecule has 37 heavy (non-hydrogen) atoms. The second kappa shape index (κ2) is 8.89. The number of nitrogens with one attached hydrogen (secondary N) is 1. The van der Waals surface area contributed by atoms with E-state index in [1.807, 2.05) is 54.6 Å². The largest absolute Gasteiger partial charge is 0.338 e. The molecule has 0 amide bonds. The van der Waals surface area contributed by atoms with Gasteiger partial charge in [-0.05, 0) is 40.4 Å². The van der Waals surface area contributed by atoms with Crippen LogP contribution in [0.4, 0.5) is 0 Å². The summed E-state index contributed by atoms with van der Waals surface area (Å²) in [6.07, 6.45) is 0. The SMILES string of the molecule is c1ccc(-c2nc3c(ccc4c5ccccc5ccc43)[nH]2)cc1.c1ccc2nc3ccccc3cc2c1. The Hall–Kier alpha value is -5.02. The van der Waals surface area contributed by atoms with Crippen LogP contribution in [0.15, 0.2) is 133 Å². The lowest BCUT2D eigenvalue weighted by atomic mass is 10.0. The minimum atomic E-state index is 0.918. The highest BCUT2D eigenvalue weighted by molar-refractivity contribution is 6.15. The van der Waals surface area contributed by atoms with E-state index in [9.17, 15) is 0 Å². The predicted octanol–water partition coefficient (Wildman–Crippen LogP) is 8.92. The molecule has 0 saturated heterocycles. The molecule has 2 heterocycles. The van der Waals surface area contributed by atoms with Crippen molar-refractivity contribution in [2.45, 2.75) is 0 Å². The van der Waals surface area contributed by atoms with E-state index >= 15 is 0 Å². The Labute approximate surface area is 214 Å². The normalized spacial score (nSPS) is 11.2. The molecule has 3 heteroatoms. The van der Waals surface area contributed by atoms with Gasteiger partial charge in [-0.15, -0.1) is 0 Å². The molecule has 0 aliphatic rings. The highest BCUT2D eigenvalue weighted by Crippen LogP contribution is 2.31. The molecule has 0 unspecified atom stereocenters. The van der Waals surface area contributed by atoms with Crippen molar-refractivity contribution in [2.24, 2.45) is 0 Å². The maximum Gasteiger partial charge on any atom is 0.138 e. The molecule has 0 spiro atoms. The van der Waals surface area contributed by atoms with E-state index in [0.717, 1.165) is 33.5 Å². The van der Waals surface area contributed by atoms with E-state index in [-0.39, 0.29) is 0 Å². The van der Waals surface area contributed by atoms with Crippen molar-refractivity contribution in [2.75, 3.05) is 0 Å². The number of nitrogens with zero attached hydrogens (tertiary/aromatic N) is 2. The first kappa shape index (κ1) is 21.3. The van der Waals surface area contributed by atoms with Crippen LogP contribution in [0.2, 0.25) is 0 Å². The van der Waals surface area contributed by atoms with E-state index in [4.69, 9.17) is 4.98 Å². The maximum absolute atomic E-state index is 4.86. The van der Waals surface area contributed by atoms with E-state index < -0.39 is 0 Å². The maximum atomic E-state index is 4.86. The molecule has 0 saturated carbocycles. The molecule has 2 aromatic heterocycles. The average Bonchev–Trinajstić information content (AvgIpc) is 3.42. The fraction of sp³-hybridized carbons (Fsp3) is 0.